The average molecular weight is 211 g/mol. The van der Waals surface area contributed by atoms with Gasteiger partial charge in [-0.2, -0.15) is 0 Å². The van der Waals surface area contributed by atoms with E-state index in [1.165, 1.54) is 45.3 Å². The maximum atomic E-state index is 6.09. The fourth-order valence-electron chi connectivity index (χ4n) is 3.60. The van der Waals surface area contributed by atoms with Crippen molar-refractivity contribution in [2.75, 3.05) is 33.2 Å². The molecule has 0 radical (unpaired) electrons. The highest BCUT2D eigenvalue weighted by molar-refractivity contribution is 5.09. The normalized spacial score (nSPS) is 36.4. The van der Waals surface area contributed by atoms with Crippen LogP contribution in [0.1, 0.15) is 32.6 Å². The van der Waals surface area contributed by atoms with Gasteiger partial charge in [-0.3, -0.25) is 9.80 Å². The molecule has 88 valence electrons. The Morgan fingerprint density at radius 3 is 2.93 bits per heavy atom. The van der Waals surface area contributed by atoms with Crippen LogP contribution in [0.2, 0.25) is 0 Å². The predicted molar refractivity (Wildman–Crippen MR) is 63.9 cm³/mol. The first-order valence-electron chi connectivity index (χ1n) is 6.40. The van der Waals surface area contributed by atoms with Crippen LogP contribution in [0.15, 0.2) is 0 Å². The molecule has 2 N–H and O–H groups in total. The summed E-state index contributed by atoms with van der Waals surface area (Å²) >= 11 is 0. The van der Waals surface area contributed by atoms with Crippen molar-refractivity contribution in [2.24, 2.45) is 5.73 Å². The lowest BCUT2D eigenvalue weighted by atomic mass is 9.87. The highest BCUT2D eigenvalue weighted by atomic mass is 15.3. The molecule has 2 heterocycles. The van der Waals surface area contributed by atoms with Crippen LogP contribution >= 0.6 is 0 Å². The molecule has 2 aliphatic heterocycles. The van der Waals surface area contributed by atoms with Crippen molar-refractivity contribution < 1.29 is 0 Å². The minimum Gasteiger partial charge on any atom is -0.329 e. The summed E-state index contributed by atoms with van der Waals surface area (Å²) in [4.78, 5) is 5.18. The van der Waals surface area contributed by atoms with E-state index < -0.39 is 0 Å². The summed E-state index contributed by atoms with van der Waals surface area (Å²) in [5.74, 6) is 0. The van der Waals surface area contributed by atoms with E-state index in [4.69, 9.17) is 5.73 Å². The third-order valence-corrected chi connectivity index (χ3v) is 4.49. The molecule has 2 rings (SSSR count). The summed E-state index contributed by atoms with van der Waals surface area (Å²) in [6.45, 7) is 6.82. The summed E-state index contributed by atoms with van der Waals surface area (Å²) in [7, 11) is 2.26. The Morgan fingerprint density at radius 1 is 1.47 bits per heavy atom. The summed E-state index contributed by atoms with van der Waals surface area (Å²) in [6, 6.07) is 0.735. The molecule has 0 aliphatic carbocycles. The van der Waals surface area contributed by atoms with Crippen LogP contribution in [0.3, 0.4) is 0 Å². The van der Waals surface area contributed by atoms with Crippen LogP contribution in [0.4, 0.5) is 0 Å². The van der Waals surface area contributed by atoms with E-state index in [9.17, 15) is 0 Å². The van der Waals surface area contributed by atoms with Gasteiger partial charge in [0, 0.05) is 24.7 Å². The lowest BCUT2D eigenvalue weighted by Crippen LogP contribution is -2.58. The molecule has 2 aliphatic rings. The highest BCUT2D eigenvalue weighted by Gasteiger charge is 2.50. The van der Waals surface area contributed by atoms with Crippen molar-refractivity contribution >= 4 is 0 Å². The highest BCUT2D eigenvalue weighted by Crippen LogP contribution is 2.38. The van der Waals surface area contributed by atoms with Gasteiger partial charge in [-0.25, -0.2) is 0 Å². The summed E-state index contributed by atoms with van der Waals surface area (Å²) in [5, 5.41) is 0. The lowest BCUT2D eigenvalue weighted by molar-refractivity contribution is 0.0910. The summed E-state index contributed by atoms with van der Waals surface area (Å²) < 4.78 is 0. The lowest BCUT2D eigenvalue weighted by Gasteiger charge is -2.42. The van der Waals surface area contributed by atoms with E-state index >= 15 is 0 Å². The van der Waals surface area contributed by atoms with Crippen LogP contribution in [0.25, 0.3) is 0 Å². The summed E-state index contributed by atoms with van der Waals surface area (Å²) in [6.07, 6.45) is 5.22. The van der Waals surface area contributed by atoms with Gasteiger partial charge < -0.3 is 5.73 Å². The average Bonchev–Trinajstić information content (AvgIpc) is 2.78. The molecule has 0 aromatic heterocycles. The molecular weight excluding hydrogens is 186 g/mol. The molecule has 15 heavy (non-hydrogen) atoms. The monoisotopic (exact) mass is 211 g/mol. The third kappa shape index (κ3) is 1.71. The van der Waals surface area contributed by atoms with E-state index in [1.807, 2.05) is 0 Å². The molecule has 2 unspecified atom stereocenters. The van der Waals surface area contributed by atoms with Gasteiger partial charge in [0.05, 0.1) is 0 Å². The second-order valence-electron chi connectivity index (χ2n) is 5.17. The third-order valence-electron chi connectivity index (χ3n) is 4.49. The Morgan fingerprint density at radius 2 is 2.27 bits per heavy atom. The van der Waals surface area contributed by atoms with E-state index in [-0.39, 0.29) is 5.54 Å². The fourth-order valence-corrected chi connectivity index (χ4v) is 3.60. The zero-order valence-corrected chi connectivity index (χ0v) is 10.2. The number of hydrogen-bond acceptors (Lipinski definition) is 3. The van der Waals surface area contributed by atoms with Crippen molar-refractivity contribution in [1.29, 1.82) is 0 Å². The van der Waals surface area contributed by atoms with E-state index in [0.717, 1.165) is 12.6 Å². The fraction of sp³-hybridized carbons (Fsp3) is 1.00. The van der Waals surface area contributed by atoms with Crippen LogP contribution in [0.5, 0.6) is 0 Å². The molecule has 0 spiro atoms. The maximum absolute atomic E-state index is 6.09. The van der Waals surface area contributed by atoms with Gasteiger partial charge in [0.15, 0.2) is 0 Å². The van der Waals surface area contributed by atoms with Crippen LogP contribution in [-0.2, 0) is 0 Å². The van der Waals surface area contributed by atoms with Gasteiger partial charge in [-0.1, -0.05) is 6.92 Å². The van der Waals surface area contributed by atoms with E-state index in [0.29, 0.717) is 0 Å². The van der Waals surface area contributed by atoms with Crippen LogP contribution in [0, 0.1) is 0 Å². The molecule has 2 atom stereocenters. The SMILES string of the molecule is CCCN(C)C1(CN)CCN2CCCC21. The minimum absolute atomic E-state index is 0.284. The van der Waals surface area contributed by atoms with Gasteiger partial charge in [0.25, 0.3) is 0 Å². The second kappa shape index (κ2) is 4.40. The molecule has 2 saturated heterocycles. The smallest absolute Gasteiger partial charge is 0.0496 e. The van der Waals surface area contributed by atoms with Crippen molar-refractivity contribution in [3.05, 3.63) is 0 Å². The molecule has 0 bridgehead atoms. The zero-order valence-electron chi connectivity index (χ0n) is 10.2. The van der Waals surface area contributed by atoms with Crippen molar-refractivity contribution in [3.8, 4) is 0 Å². The minimum atomic E-state index is 0.284. The maximum Gasteiger partial charge on any atom is 0.0496 e. The Kier molecular flexibility index (Phi) is 3.33. The number of likely N-dealkylation sites (N-methyl/N-ethyl adjacent to an activating group) is 1. The first kappa shape index (κ1) is 11.4. The number of fused-ring (bicyclic) bond motifs is 1. The second-order valence-corrected chi connectivity index (χ2v) is 5.17. The first-order valence-corrected chi connectivity index (χ1v) is 6.40. The number of nitrogens with two attached hydrogens (primary N) is 1. The topological polar surface area (TPSA) is 32.5 Å². The van der Waals surface area contributed by atoms with Gasteiger partial charge in [-0.05, 0) is 45.8 Å². The van der Waals surface area contributed by atoms with E-state index in [1.54, 1.807) is 0 Å². The van der Waals surface area contributed by atoms with Crippen LogP contribution in [-0.4, -0.2) is 54.6 Å². The Labute approximate surface area is 93.6 Å². The molecule has 3 heteroatoms. The molecule has 2 fully saturated rings. The Bertz CT molecular complexity index is 219. The molecular formula is C12H25N3. The standard InChI is InChI=1S/C12H25N3/c1-3-7-14(2)12(10-13)6-9-15-8-4-5-11(12)15/h11H,3-10,13H2,1-2H3. The predicted octanol–water partition coefficient (Wildman–Crippen LogP) is 0.894. The molecule has 0 aromatic rings. The number of hydrogen-bond donors (Lipinski definition) is 1. The molecule has 0 aromatic carbocycles. The quantitative estimate of drug-likeness (QED) is 0.750. The van der Waals surface area contributed by atoms with Gasteiger partial charge in [0.1, 0.15) is 0 Å². The summed E-state index contributed by atoms with van der Waals surface area (Å²) in [5.41, 5.74) is 6.37. The van der Waals surface area contributed by atoms with E-state index in [2.05, 4.69) is 23.8 Å². The largest absolute Gasteiger partial charge is 0.329 e. The Balaban J connectivity index is 2.13. The van der Waals surface area contributed by atoms with Crippen molar-refractivity contribution in [2.45, 2.75) is 44.2 Å². The van der Waals surface area contributed by atoms with Gasteiger partial charge >= 0.3 is 0 Å². The molecule has 0 saturated carbocycles. The van der Waals surface area contributed by atoms with Gasteiger partial charge in [0.2, 0.25) is 0 Å². The van der Waals surface area contributed by atoms with Crippen molar-refractivity contribution in [3.63, 3.8) is 0 Å². The molecule has 0 amide bonds. The van der Waals surface area contributed by atoms with Crippen LogP contribution < -0.4 is 5.73 Å². The number of nitrogens with zero attached hydrogens (tertiary/aromatic N) is 2. The first-order chi connectivity index (χ1) is 7.24. The Hall–Kier alpha value is -0.120. The van der Waals surface area contributed by atoms with Gasteiger partial charge in [-0.15, -0.1) is 0 Å². The number of rotatable bonds is 4. The molecule has 3 nitrogen and oxygen atoms in total. The van der Waals surface area contributed by atoms with Crippen molar-refractivity contribution in [1.82, 2.24) is 9.80 Å². The zero-order chi connectivity index (χ0) is 10.9.